The van der Waals surface area contributed by atoms with Gasteiger partial charge in [0.1, 0.15) is 5.82 Å². The minimum atomic E-state index is 0.0461. The molecule has 0 bridgehead atoms. The standard InChI is InChI=1S/C28H31N7O2/c1-19-4-7-23-25(31-19)32-27(37-23)34-14-12-33(13-15-34)26(36)20-5-6-22(21(16-20)24-29-10-11-30-24)35-17-28(18-35)8-2-3-9-28/h4-7,10-11,16H,2-3,8-9,12-15,17-18H2,1H3,(H,29,30). The minimum Gasteiger partial charge on any atom is -0.422 e. The lowest BCUT2D eigenvalue weighted by Crippen LogP contribution is -2.55. The Kier molecular flexibility index (Phi) is 5.19. The highest BCUT2D eigenvalue weighted by Crippen LogP contribution is 2.48. The summed E-state index contributed by atoms with van der Waals surface area (Å²) >= 11 is 0. The molecule has 3 aromatic heterocycles. The molecule has 1 amide bonds. The molecule has 9 heteroatoms. The molecular formula is C28H31N7O2. The molecule has 7 rings (SSSR count). The first-order chi connectivity index (χ1) is 18.1. The maximum Gasteiger partial charge on any atom is 0.300 e. The molecular weight excluding hydrogens is 466 g/mol. The molecule has 9 nitrogen and oxygen atoms in total. The molecule has 1 aliphatic carbocycles. The summed E-state index contributed by atoms with van der Waals surface area (Å²) in [6, 6.07) is 10.5. The molecule has 1 N–H and O–H groups in total. The predicted molar refractivity (Wildman–Crippen MR) is 142 cm³/mol. The fourth-order valence-electron chi connectivity index (χ4n) is 6.24. The molecule has 2 aliphatic heterocycles. The van der Waals surface area contributed by atoms with E-state index in [4.69, 9.17) is 4.42 Å². The van der Waals surface area contributed by atoms with Gasteiger partial charge in [0.15, 0.2) is 5.58 Å². The van der Waals surface area contributed by atoms with Gasteiger partial charge in [0.05, 0.1) is 0 Å². The van der Waals surface area contributed by atoms with Crippen LogP contribution in [-0.2, 0) is 0 Å². The maximum atomic E-state index is 13.5. The molecule has 4 aromatic rings. The number of hydrogen-bond acceptors (Lipinski definition) is 7. The number of rotatable bonds is 4. The number of hydrogen-bond donors (Lipinski definition) is 1. The lowest BCUT2D eigenvalue weighted by Gasteiger charge is -2.50. The average molecular weight is 498 g/mol. The van der Waals surface area contributed by atoms with Crippen molar-refractivity contribution in [1.29, 1.82) is 0 Å². The van der Waals surface area contributed by atoms with Gasteiger partial charge in [0.2, 0.25) is 5.65 Å². The van der Waals surface area contributed by atoms with Crippen LogP contribution in [-0.4, -0.2) is 70.0 Å². The topological polar surface area (TPSA) is 94.4 Å². The van der Waals surface area contributed by atoms with E-state index in [1.807, 2.05) is 42.3 Å². The number of aromatic amines is 1. The Labute approximate surface area is 215 Å². The number of carbonyl (C=O) groups is 1. The van der Waals surface area contributed by atoms with E-state index in [0.29, 0.717) is 54.4 Å². The molecule has 0 unspecified atom stereocenters. The Balaban J connectivity index is 1.08. The molecule has 0 radical (unpaired) electrons. The second kappa shape index (κ2) is 8.61. The molecule has 3 aliphatic rings. The highest BCUT2D eigenvalue weighted by atomic mass is 16.4. The van der Waals surface area contributed by atoms with E-state index in [1.54, 1.807) is 6.20 Å². The van der Waals surface area contributed by atoms with Crippen LogP contribution in [0.25, 0.3) is 22.6 Å². The van der Waals surface area contributed by atoms with Crippen LogP contribution in [0.2, 0.25) is 0 Å². The number of fused-ring (bicyclic) bond motifs is 1. The van der Waals surface area contributed by atoms with Crippen molar-refractivity contribution in [3.05, 3.63) is 54.0 Å². The summed E-state index contributed by atoms with van der Waals surface area (Å²) in [5, 5.41) is 0. The molecule has 0 atom stereocenters. The van der Waals surface area contributed by atoms with Gasteiger partial charge in [-0.15, -0.1) is 0 Å². The number of aromatic nitrogens is 4. The molecule has 190 valence electrons. The number of carbonyl (C=O) groups excluding carboxylic acids is 1. The van der Waals surface area contributed by atoms with Gasteiger partial charge in [-0.25, -0.2) is 9.97 Å². The van der Waals surface area contributed by atoms with Crippen molar-refractivity contribution in [3.8, 4) is 11.4 Å². The van der Waals surface area contributed by atoms with Crippen LogP contribution < -0.4 is 9.80 Å². The van der Waals surface area contributed by atoms with Crippen LogP contribution in [0.1, 0.15) is 41.7 Å². The van der Waals surface area contributed by atoms with Gasteiger partial charge in [0, 0.05) is 79.6 Å². The molecule has 1 saturated carbocycles. The van der Waals surface area contributed by atoms with Crippen molar-refractivity contribution in [2.24, 2.45) is 5.41 Å². The smallest absolute Gasteiger partial charge is 0.300 e. The third-order valence-corrected chi connectivity index (χ3v) is 8.27. The number of amides is 1. The number of oxazole rings is 1. The predicted octanol–water partition coefficient (Wildman–Crippen LogP) is 4.26. The number of H-pyrrole nitrogens is 1. The van der Waals surface area contributed by atoms with Crippen LogP contribution >= 0.6 is 0 Å². The SMILES string of the molecule is Cc1ccc2oc(N3CCN(C(=O)c4ccc(N5CC6(CCCC6)C5)c(-c5ncc[nH]5)c4)CC3)nc2n1. The van der Waals surface area contributed by atoms with E-state index >= 15 is 0 Å². The number of piperazine rings is 1. The minimum absolute atomic E-state index is 0.0461. The fourth-order valence-corrected chi connectivity index (χ4v) is 6.24. The van der Waals surface area contributed by atoms with Crippen molar-refractivity contribution >= 4 is 28.8 Å². The van der Waals surface area contributed by atoms with Gasteiger partial charge in [0.25, 0.3) is 11.9 Å². The first-order valence-electron chi connectivity index (χ1n) is 13.2. The average Bonchev–Trinajstić information content (AvgIpc) is 3.68. The Morgan fingerprint density at radius 3 is 2.57 bits per heavy atom. The molecule has 1 spiro atoms. The highest BCUT2D eigenvalue weighted by molar-refractivity contribution is 5.97. The zero-order valence-corrected chi connectivity index (χ0v) is 21.1. The summed E-state index contributed by atoms with van der Waals surface area (Å²) in [6.45, 7) is 6.68. The zero-order chi connectivity index (χ0) is 25.0. The van der Waals surface area contributed by atoms with Gasteiger partial charge in [-0.05, 0) is 50.1 Å². The van der Waals surface area contributed by atoms with Crippen LogP contribution in [0.15, 0.2) is 47.1 Å². The summed E-state index contributed by atoms with van der Waals surface area (Å²) < 4.78 is 5.92. The Morgan fingerprint density at radius 1 is 1.00 bits per heavy atom. The van der Waals surface area contributed by atoms with Crippen molar-refractivity contribution in [3.63, 3.8) is 0 Å². The van der Waals surface area contributed by atoms with E-state index in [1.165, 1.54) is 25.7 Å². The second-order valence-electron chi connectivity index (χ2n) is 10.8. The van der Waals surface area contributed by atoms with Gasteiger partial charge in [-0.1, -0.05) is 12.8 Å². The summed E-state index contributed by atoms with van der Waals surface area (Å²) in [7, 11) is 0. The monoisotopic (exact) mass is 497 g/mol. The van der Waals surface area contributed by atoms with Gasteiger partial charge < -0.3 is 24.1 Å². The summed E-state index contributed by atoms with van der Waals surface area (Å²) in [5.41, 5.74) is 5.57. The Morgan fingerprint density at radius 2 is 1.81 bits per heavy atom. The molecule has 5 heterocycles. The Hall–Kier alpha value is -3.88. The number of nitrogens with one attached hydrogen (secondary N) is 1. The van der Waals surface area contributed by atoms with Crippen molar-refractivity contribution in [1.82, 2.24) is 24.8 Å². The quantitative estimate of drug-likeness (QED) is 0.450. The van der Waals surface area contributed by atoms with E-state index < -0.39 is 0 Å². The largest absolute Gasteiger partial charge is 0.422 e. The van der Waals surface area contributed by atoms with E-state index in [9.17, 15) is 4.79 Å². The number of aryl methyl sites for hydroxylation is 1. The maximum absolute atomic E-state index is 13.5. The second-order valence-corrected chi connectivity index (χ2v) is 10.8. The van der Waals surface area contributed by atoms with Gasteiger partial charge >= 0.3 is 0 Å². The van der Waals surface area contributed by atoms with Gasteiger partial charge in [-0.3, -0.25) is 4.79 Å². The number of imidazole rings is 1. The van der Waals surface area contributed by atoms with Crippen molar-refractivity contribution in [2.75, 3.05) is 49.1 Å². The molecule has 1 aromatic carbocycles. The first-order valence-corrected chi connectivity index (χ1v) is 13.2. The van der Waals surface area contributed by atoms with Crippen molar-refractivity contribution in [2.45, 2.75) is 32.6 Å². The number of benzene rings is 1. The Bertz CT molecular complexity index is 1440. The lowest BCUT2D eigenvalue weighted by molar-refractivity contribution is 0.0745. The number of anilines is 2. The lowest BCUT2D eigenvalue weighted by atomic mass is 9.77. The molecule has 37 heavy (non-hydrogen) atoms. The van der Waals surface area contributed by atoms with Crippen molar-refractivity contribution < 1.29 is 9.21 Å². The van der Waals surface area contributed by atoms with Crippen LogP contribution in [0.5, 0.6) is 0 Å². The van der Waals surface area contributed by atoms with E-state index in [0.717, 1.165) is 35.9 Å². The number of nitrogens with zero attached hydrogens (tertiary/aromatic N) is 6. The molecule has 3 fully saturated rings. The van der Waals surface area contributed by atoms with E-state index in [2.05, 4.69) is 35.8 Å². The van der Waals surface area contributed by atoms with Crippen LogP contribution in [0.4, 0.5) is 11.7 Å². The number of pyridine rings is 1. The van der Waals surface area contributed by atoms with Crippen LogP contribution in [0.3, 0.4) is 0 Å². The zero-order valence-electron chi connectivity index (χ0n) is 21.1. The summed E-state index contributed by atoms with van der Waals surface area (Å²) in [4.78, 5) is 36.8. The van der Waals surface area contributed by atoms with Gasteiger partial charge in [-0.2, -0.15) is 4.98 Å². The van der Waals surface area contributed by atoms with E-state index in [-0.39, 0.29) is 5.91 Å². The molecule has 2 saturated heterocycles. The highest BCUT2D eigenvalue weighted by Gasteiger charge is 2.45. The summed E-state index contributed by atoms with van der Waals surface area (Å²) in [6.07, 6.45) is 8.98. The van der Waals surface area contributed by atoms with Crippen LogP contribution in [0, 0.1) is 12.3 Å². The third kappa shape index (κ3) is 3.93. The normalized spacial score (nSPS) is 19.1. The first kappa shape index (κ1) is 22.3. The fraction of sp³-hybridized carbons (Fsp3) is 0.429. The summed E-state index contributed by atoms with van der Waals surface area (Å²) in [5.74, 6) is 0.853. The third-order valence-electron chi connectivity index (χ3n) is 8.27.